The van der Waals surface area contributed by atoms with Crippen molar-refractivity contribution in [1.82, 2.24) is 0 Å². The number of nitrogens with two attached hydrogens (primary N) is 1. The number of ether oxygens (including phenoxy) is 1. The summed E-state index contributed by atoms with van der Waals surface area (Å²) in [5.74, 6) is -0.406. The Morgan fingerprint density at radius 3 is 2.75 bits per heavy atom. The molecule has 6 heteroatoms. The molecule has 0 bridgehead atoms. The van der Waals surface area contributed by atoms with Gasteiger partial charge in [0.2, 0.25) is 0 Å². The molecule has 0 saturated carbocycles. The van der Waals surface area contributed by atoms with Crippen molar-refractivity contribution < 1.29 is 9.53 Å². The molecule has 0 radical (unpaired) electrons. The minimum Gasteiger partial charge on any atom is -0.465 e. The van der Waals surface area contributed by atoms with Crippen LogP contribution in [-0.2, 0) is 11.2 Å². The lowest BCUT2D eigenvalue weighted by atomic mass is 10.1. The summed E-state index contributed by atoms with van der Waals surface area (Å²) in [6.07, 6.45) is 0.738. The molecule has 1 heterocycles. The Hall–Kier alpha value is -1.04. The van der Waals surface area contributed by atoms with Gasteiger partial charge in [-0.25, -0.2) is 4.79 Å². The lowest BCUT2D eigenvalue weighted by molar-refractivity contribution is 0.0607. The van der Waals surface area contributed by atoms with Crippen LogP contribution >= 0.6 is 38.9 Å². The van der Waals surface area contributed by atoms with Crippen LogP contribution in [0.5, 0.6) is 0 Å². The predicted molar refractivity (Wildman–Crippen MR) is 87.6 cm³/mol. The van der Waals surface area contributed by atoms with Crippen molar-refractivity contribution in [3.63, 3.8) is 0 Å². The first-order valence-corrected chi connectivity index (χ1v) is 7.93. The zero-order valence-electron chi connectivity index (χ0n) is 11.0. The van der Waals surface area contributed by atoms with E-state index in [1.165, 1.54) is 18.4 Å². The van der Waals surface area contributed by atoms with Gasteiger partial charge in [0.1, 0.15) is 4.88 Å². The van der Waals surface area contributed by atoms with E-state index in [-0.39, 0.29) is 0 Å². The summed E-state index contributed by atoms with van der Waals surface area (Å²) in [5.41, 5.74) is 8.46. The SMILES string of the molecule is CCc1c(-c2ccc(Br)c(Cl)c2)sc(C(=O)OC)c1N. The van der Waals surface area contributed by atoms with Crippen molar-refractivity contribution in [1.29, 1.82) is 0 Å². The monoisotopic (exact) mass is 373 g/mol. The Morgan fingerprint density at radius 1 is 1.50 bits per heavy atom. The Labute approximate surface area is 134 Å². The van der Waals surface area contributed by atoms with E-state index in [1.54, 1.807) is 0 Å². The number of carbonyl (C=O) groups excluding carboxylic acids is 1. The highest BCUT2D eigenvalue weighted by Crippen LogP contribution is 2.40. The van der Waals surface area contributed by atoms with Crippen LogP contribution in [0.1, 0.15) is 22.2 Å². The number of rotatable bonds is 3. The normalized spacial score (nSPS) is 10.6. The van der Waals surface area contributed by atoms with E-state index in [1.807, 2.05) is 25.1 Å². The van der Waals surface area contributed by atoms with Gasteiger partial charge in [-0.1, -0.05) is 24.6 Å². The van der Waals surface area contributed by atoms with Crippen LogP contribution < -0.4 is 5.73 Å². The number of anilines is 1. The third-order valence-corrected chi connectivity index (χ3v) is 5.46. The number of methoxy groups -OCH3 is 1. The third-order valence-electron chi connectivity index (χ3n) is 2.95. The van der Waals surface area contributed by atoms with Crippen LogP contribution in [0.3, 0.4) is 0 Å². The molecule has 1 aromatic heterocycles. The molecule has 3 nitrogen and oxygen atoms in total. The highest BCUT2D eigenvalue weighted by molar-refractivity contribution is 9.10. The Morgan fingerprint density at radius 2 is 2.20 bits per heavy atom. The summed E-state index contributed by atoms with van der Waals surface area (Å²) in [4.78, 5) is 13.1. The minimum absolute atomic E-state index is 0.406. The van der Waals surface area contributed by atoms with E-state index in [0.717, 1.165) is 26.9 Å². The van der Waals surface area contributed by atoms with E-state index in [2.05, 4.69) is 15.9 Å². The quantitative estimate of drug-likeness (QED) is 0.788. The van der Waals surface area contributed by atoms with Gasteiger partial charge in [-0.2, -0.15) is 0 Å². The highest BCUT2D eigenvalue weighted by atomic mass is 79.9. The summed E-state index contributed by atoms with van der Waals surface area (Å²) in [7, 11) is 1.35. The molecule has 0 fully saturated rings. The maximum Gasteiger partial charge on any atom is 0.350 e. The topological polar surface area (TPSA) is 52.3 Å². The molecule has 2 aromatic rings. The van der Waals surface area contributed by atoms with E-state index in [0.29, 0.717) is 15.6 Å². The van der Waals surface area contributed by atoms with E-state index in [4.69, 9.17) is 22.1 Å². The smallest absolute Gasteiger partial charge is 0.350 e. The molecule has 0 aliphatic carbocycles. The molecule has 0 unspecified atom stereocenters. The van der Waals surface area contributed by atoms with E-state index >= 15 is 0 Å². The first-order chi connectivity index (χ1) is 9.49. The average molecular weight is 375 g/mol. The Balaban J connectivity index is 2.61. The van der Waals surface area contributed by atoms with Crippen molar-refractivity contribution in [3.05, 3.63) is 38.1 Å². The molecular formula is C14H13BrClNO2S. The van der Waals surface area contributed by atoms with Gasteiger partial charge in [0.05, 0.1) is 17.8 Å². The Kier molecular flexibility index (Phi) is 4.73. The molecule has 0 saturated heterocycles. The van der Waals surface area contributed by atoms with Crippen molar-refractivity contribution in [2.24, 2.45) is 0 Å². The maximum absolute atomic E-state index is 11.7. The Bertz CT molecular complexity index is 669. The zero-order chi connectivity index (χ0) is 14.9. The summed E-state index contributed by atoms with van der Waals surface area (Å²) in [6, 6.07) is 5.68. The van der Waals surface area contributed by atoms with Gasteiger partial charge in [-0.15, -0.1) is 11.3 Å². The number of benzene rings is 1. The summed E-state index contributed by atoms with van der Waals surface area (Å²) in [5, 5.41) is 0.621. The lowest BCUT2D eigenvalue weighted by Crippen LogP contribution is -2.02. The summed E-state index contributed by atoms with van der Waals surface area (Å²) >= 11 is 10.8. The van der Waals surface area contributed by atoms with Crippen molar-refractivity contribution >= 4 is 50.5 Å². The minimum atomic E-state index is -0.406. The fourth-order valence-corrected chi connectivity index (χ4v) is 3.60. The standard InChI is InChI=1S/C14H13BrClNO2S/c1-3-8-11(17)13(14(18)19-2)20-12(8)7-4-5-9(15)10(16)6-7/h4-6H,3,17H2,1-2H3. The molecule has 20 heavy (non-hydrogen) atoms. The first kappa shape index (κ1) is 15.4. The van der Waals surface area contributed by atoms with Crippen LogP contribution in [0.4, 0.5) is 5.69 Å². The van der Waals surface area contributed by atoms with Gasteiger partial charge in [-0.3, -0.25) is 0 Å². The molecule has 0 aliphatic rings. The van der Waals surface area contributed by atoms with Crippen LogP contribution in [-0.4, -0.2) is 13.1 Å². The lowest BCUT2D eigenvalue weighted by Gasteiger charge is -2.04. The molecule has 0 atom stereocenters. The average Bonchev–Trinajstić information content (AvgIpc) is 2.78. The number of nitrogen functional groups attached to an aromatic ring is 1. The molecule has 1 aromatic carbocycles. The fraction of sp³-hybridized carbons (Fsp3) is 0.214. The van der Waals surface area contributed by atoms with Crippen LogP contribution in [0.25, 0.3) is 10.4 Å². The zero-order valence-corrected chi connectivity index (χ0v) is 14.2. The van der Waals surface area contributed by atoms with E-state index < -0.39 is 5.97 Å². The van der Waals surface area contributed by atoms with Gasteiger partial charge >= 0.3 is 5.97 Å². The number of thiophene rings is 1. The molecular weight excluding hydrogens is 362 g/mol. The summed E-state index contributed by atoms with van der Waals surface area (Å²) < 4.78 is 5.60. The molecule has 0 spiro atoms. The molecule has 0 aliphatic heterocycles. The van der Waals surface area contributed by atoms with Gasteiger partial charge in [0.15, 0.2) is 0 Å². The van der Waals surface area contributed by atoms with Crippen molar-refractivity contribution in [2.75, 3.05) is 12.8 Å². The summed E-state index contributed by atoms with van der Waals surface area (Å²) in [6.45, 7) is 2.00. The van der Waals surface area contributed by atoms with Crippen LogP contribution in [0, 0.1) is 0 Å². The first-order valence-electron chi connectivity index (χ1n) is 5.94. The maximum atomic E-state index is 11.7. The fourth-order valence-electron chi connectivity index (χ4n) is 1.94. The number of hydrogen-bond donors (Lipinski definition) is 1. The highest BCUT2D eigenvalue weighted by Gasteiger charge is 2.21. The molecule has 106 valence electrons. The number of esters is 1. The van der Waals surface area contributed by atoms with Crippen LogP contribution in [0.2, 0.25) is 5.02 Å². The number of halogens is 2. The molecule has 0 amide bonds. The van der Waals surface area contributed by atoms with Gasteiger partial charge in [0, 0.05) is 9.35 Å². The van der Waals surface area contributed by atoms with Gasteiger partial charge < -0.3 is 10.5 Å². The van der Waals surface area contributed by atoms with Crippen molar-refractivity contribution in [2.45, 2.75) is 13.3 Å². The van der Waals surface area contributed by atoms with Crippen LogP contribution in [0.15, 0.2) is 22.7 Å². The number of carbonyl (C=O) groups is 1. The van der Waals surface area contributed by atoms with Gasteiger partial charge in [0.25, 0.3) is 0 Å². The van der Waals surface area contributed by atoms with E-state index in [9.17, 15) is 4.79 Å². The molecule has 2 rings (SSSR count). The second-order valence-corrected chi connectivity index (χ2v) is 6.41. The molecule has 2 N–H and O–H groups in total. The number of hydrogen-bond acceptors (Lipinski definition) is 4. The second kappa shape index (κ2) is 6.16. The van der Waals surface area contributed by atoms with Gasteiger partial charge in [-0.05, 0) is 45.6 Å². The predicted octanol–water partition coefficient (Wildman–Crippen LogP) is 4.76. The van der Waals surface area contributed by atoms with Crippen molar-refractivity contribution in [3.8, 4) is 10.4 Å². The second-order valence-electron chi connectivity index (χ2n) is 4.13. The largest absolute Gasteiger partial charge is 0.465 e. The third kappa shape index (κ3) is 2.71.